The largest absolute Gasteiger partial charge is 0.485 e. The molecule has 23 heavy (non-hydrogen) atoms. The highest BCUT2D eigenvalue weighted by molar-refractivity contribution is 5.78. The summed E-state index contributed by atoms with van der Waals surface area (Å²) in [5.74, 6) is 0.439. The number of aromatic amines is 1. The summed E-state index contributed by atoms with van der Waals surface area (Å²) < 4.78 is 45.0. The van der Waals surface area contributed by atoms with Gasteiger partial charge in [0.05, 0.1) is 0 Å². The van der Waals surface area contributed by atoms with E-state index in [0.29, 0.717) is 11.2 Å². The Balaban J connectivity index is 1.85. The molecule has 8 nitrogen and oxygen atoms in total. The molecule has 3 heterocycles. The van der Waals surface area contributed by atoms with Gasteiger partial charge in [-0.15, -0.1) is 5.10 Å². The average Bonchev–Trinajstić information content (AvgIpc) is 3.09. The van der Waals surface area contributed by atoms with Crippen molar-refractivity contribution < 1.29 is 17.9 Å². The number of fused-ring (bicyclic) bond motifs is 1. The lowest BCUT2D eigenvalue weighted by molar-refractivity contribution is -0.144. The minimum Gasteiger partial charge on any atom is -0.485 e. The van der Waals surface area contributed by atoms with Gasteiger partial charge in [0.1, 0.15) is 23.8 Å². The Labute approximate surface area is 127 Å². The normalized spacial score (nSPS) is 12.0. The lowest BCUT2D eigenvalue weighted by atomic mass is 10.3. The van der Waals surface area contributed by atoms with E-state index in [1.165, 1.54) is 6.07 Å². The first-order valence-corrected chi connectivity index (χ1v) is 6.62. The quantitative estimate of drug-likeness (QED) is 0.756. The van der Waals surface area contributed by atoms with Crippen molar-refractivity contribution in [2.75, 3.05) is 5.73 Å². The van der Waals surface area contributed by atoms with Crippen molar-refractivity contribution >= 4 is 17.0 Å². The number of nitrogens with two attached hydrogens (primary N) is 1. The molecule has 0 bridgehead atoms. The van der Waals surface area contributed by atoms with E-state index >= 15 is 0 Å². The highest BCUT2D eigenvalue weighted by Gasteiger charge is 2.35. The second kappa shape index (κ2) is 5.41. The fourth-order valence-corrected chi connectivity index (χ4v) is 2.10. The molecule has 3 rings (SSSR count). The van der Waals surface area contributed by atoms with Crippen molar-refractivity contribution in [3.05, 3.63) is 23.5 Å². The first kappa shape index (κ1) is 15.1. The summed E-state index contributed by atoms with van der Waals surface area (Å²) in [6.45, 7) is 1.52. The zero-order valence-electron chi connectivity index (χ0n) is 11.9. The van der Waals surface area contributed by atoms with Crippen molar-refractivity contribution in [2.24, 2.45) is 0 Å². The number of ether oxygens (including phenoxy) is 1. The lowest BCUT2D eigenvalue weighted by Crippen LogP contribution is -2.13. The van der Waals surface area contributed by atoms with Crippen LogP contribution in [0.15, 0.2) is 12.1 Å². The number of aromatic nitrogens is 6. The van der Waals surface area contributed by atoms with Crippen LogP contribution in [0.25, 0.3) is 11.2 Å². The number of rotatable bonds is 4. The molecule has 122 valence electrons. The minimum atomic E-state index is -4.47. The number of H-pyrrole nitrogens is 1. The first-order chi connectivity index (χ1) is 10.9. The van der Waals surface area contributed by atoms with Crippen LogP contribution in [0.4, 0.5) is 19.0 Å². The molecule has 11 heteroatoms. The predicted molar refractivity (Wildman–Crippen MR) is 73.3 cm³/mol. The van der Waals surface area contributed by atoms with Crippen LogP contribution in [0, 0.1) is 0 Å². The molecular weight excluding hydrogens is 315 g/mol. The van der Waals surface area contributed by atoms with Crippen LogP contribution < -0.4 is 10.5 Å². The third kappa shape index (κ3) is 2.89. The van der Waals surface area contributed by atoms with Crippen LogP contribution in [0.5, 0.6) is 5.75 Å². The van der Waals surface area contributed by atoms with Crippen LogP contribution in [-0.4, -0.2) is 30.2 Å². The fraction of sp³-hybridized carbons (Fsp3) is 0.333. The summed E-state index contributed by atoms with van der Waals surface area (Å²) in [6.07, 6.45) is -4.47. The standard InChI is InChI=1S/C12H12F3N7O/c1-2-22-8(12(13,14)15)3-6(20-22)5-23-7-4-9(16)17-11-10(7)18-21-19-11/h3-4H,2,5H2,1H3,(H3,16,17,18,19,21). The van der Waals surface area contributed by atoms with E-state index in [1.807, 2.05) is 0 Å². The van der Waals surface area contributed by atoms with Gasteiger partial charge in [-0.3, -0.25) is 4.68 Å². The van der Waals surface area contributed by atoms with Crippen LogP contribution in [-0.2, 0) is 19.3 Å². The summed E-state index contributed by atoms with van der Waals surface area (Å²) in [4.78, 5) is 3.96. The van der Waals surface area contributed by atoms with E-state index in [0.717, 1.165) is 10.7 Å². The second-order valence-corrected chi connectivity index (χ2v) is 4.68. The maximum absolute atomic E-state index is 12.9. The summed E-state index contributed by atoms with van der Waals surface area (Å²) >= 11 is 0. The molecule has 0 saturated carbocycles. The van der Waals surface area contributed by atoms with E-state index in [2.05, 4.69) is 25.5 Å². The molecule has 0 aromatic carbocycles. The average molecular weight is 327 g/mol. The Morgan fingerprint density at radius 1 is 1.35 bits per heavy atom. The molecular formula is C12H12F3N7O. The van der Waals surface area contributed by atoms with Gasteiger partial charge < -0.3 is 10.5 Å². The molecule has 3 N–H and O–H groups in total. The van der Waals surface area contributed by atoms with Crippen molar-refractivity contribution in [1.82, 2.24) is 30.2 Å². The number of alkyl halides is 3. The Morgan fingerprint density at radius 2 is 2.13 bits per heavy atom. The molecule has 3 aromatic heterocycles. The SMILES string of the molecule is CCn1nc(COc2cc(N)nc3[nH]nnc23)cc1C(F)(F)F. The van der Waals surface area contributed by atoms with Crippen LogP contribution in [0.1, 0.15) is 18.3 Å². The maximum Gasteiger partial charge on any atom is 0.433 e. The van der Waals surface area contributed by atoms with Gasteiger partial charge in [0.2, 0.25) is 0 Å². The number of nitrogen functional groups attached to an aromatic ring is 1. The molecule has 0 amide bonds. The van der Waals surface area contributed by atoms with Crippen LogP contribution in [0.2, 0.25) is 0 Å². The van der Waals surface area contributed by atoms with E-state index in [9.17, 15) is 13.2 Å². The van der Waals surface area contributed by atoms with Gasteiger partial charge in [0.15, 0.2) is 16.9 Å². The Kier molecular flexibility index (Phi) is 3.54. The van der Waals surface area contributed by atoms with Crippen molar-refractivity contribution in [3.8, 4) is 5.75 Å². The van der Waals surface area contributed by atoms with Gasteiger partial charge in [-0.2, -0.15) is 18.3 Å². The number of anilines is 1. The van der Waals surface area contributed by atoms with Crippen LogP contribution >= 0.6 is 0 Å². The van der Waals surface area contributed by atoms with E-state index < -0.39 is 11.9 Å². The molecule has 0 aliphatic carbocycles. The Hall–Kier alpha value is -2.85. The summed E-state index contributed by atoms with van der Waals surface area (Å²) in [6, 6.07) is 2.38. The molecule has 0 aliphatic heterocycles. The predicted octanol–water partition coefficient (Wildman–Crippen LogP) is 1.75. The fourth-order valence-electron chi connectivity index (χ4n) is 2.10. The zero-order chi connectivity index (χ0) is 16.6. The van der Waals surface area contributed by atoms with Gasteiger partial charge >= 0.3 is 6.18 Å². The van der Waals surface area contributed by atoms with Gasteiger partial charge in [-0.25, -0.2) is 10.1 Å². The topological polar surface area (TPSA) is 108 Å². The molecule has 0 aliphatic rings. The molecule has 0 spiro atoms. The zero-order valence-corrected chi connectivity index (χ0v) is 11.9. The third-order valence-electron chi connectivity index (χ3n) is 3.08. The number of aryl methyl sites for hydroxylation is 1. The molecule has 3 aromatic rings. The molecule has 0 saturated heterocycles. The first-order valence-electron chi connectivity index (χ1n) is 6.62. The smallest absolute Gasteiger partial charge is 0.433 e. The van der Waals surface area contributed by atoms with E-state index in [1.54, 1.807) is 6.92 Å². The lowest BCUT2D eigenvalue weighted by Gasteiger charge is -2.07. The molecule has 0 fully saturated rings. The number of hydrogen-bond donors (Lipinski definition) is 2. The highest BCUT2D eigenvalue weighted by atomic mass is 19.4. The summed E-state index contributed by atoms with van der Waals surface area (Å²) in [7, 11) is 0. The van der Waals surface area contributed by atoms with Gasteiger partial charge in [0, 0.05) is 12.6 Å². The van der Waals surface area contributed by atoms with Crippen molar-refractivity contribution in [1.29, 1.82) is 0 Å². The van der Waals surface area contributed by atoms with Gasteiger partial charge in [0.25, 0.3) is 0 Å². The minimum absolute atomic E-state index is 0.102. The van der Waals surface area contributed by atoms with E-state index in [-0.39, 0.29) is 30.4 Å². The van der Waals surface area contributed by atoms with Gasteiger partial charge in [-0.05, 0) is 13.0 Å². The number of hydrogen-bond acceptors (Lipinski definition) is 6. The maximum atomic E-state index is 12.9. The van der Waals surface area contributed by atoms with Crippen molar-refractivity contribution in [2.45, 2.75) is 26.3 Å². The number of halogens is 3. The number of pyridine rings is 1. The molecule has 0 radical (unpaired) electrons. The number of nitrogens with zero attached hydrogens (tertiary/aromatic N) is 5. The highest BCUT2D eigenvalue weighted by Crippen LogP contribution is 2.30. The monoisotopic (exact) mass is 327 g/mol. The third-order valence-corrected chi connectivity index (χ3v) is 3.08. The molecule has 0 atom stereocenters. The van der Waals surface area contributed by atoms with Crippen molar-refractivity contribution in [3.63, 3.8) is 0 Å². The Morgan fingerprint density at radius 3 is 2.78 bits per heavy atom. The Bertz CT molecular complexity index is 839. The second-order valence-electron chi connectivity index (χ2n) is 4.68. The number of nitrogens with one attached hydrogen (secondary N) is 1. The summed E-state index contributed by atoms with van der Waals surface area (Å²) in [5, 5.41) is 13.8. The van der Waals surface area contributed by atoms with Gasteiger partial charge in [-0.1, -0.05) is 5.21 Å². The molecule has 0 unspecified atom stereocenters. The summed E-state index contributed by atoms with van der Waals surface area (Å²) in [5.41, 5.74) is 5.62. The van der Waals surface area contributed by atoms with E-state index in [4.69, 9.17) is 10.5 Å². The van der Waals surface area contributed by atoms with Crippen LogP contribution in [0.3, 0.4) is 0 Å².